The molecular formula is C12H7ClF3NO. The van der Waals surface area contributed by atoms with Crippen molar-refractivity contribution < 1.29 is 18.3 Å². The summed E-state index contributed by atoms with van der Waals surface area (Å²) in [6.45, 7) is 0. The zero-order valence-corrected chi connectivity index (χ0v) is 9.63. The monoisotopic (exact) mass is 273 g/mol. The van der Waals surface area contributed by atoms with Gasteiger partial charge in [-0.2, -0.15) is 13.2 Å². The highest BCUT2D eigenvalue weighted by molar-refractivity contribution is 6.33. The molecule has 0 unspecified atom stereocenters. The molecule has 1 heterocycles. The predicted molar refractivity (Wildman–Crippen MR) is 61.3 cm³/mol. The molecular weight excluding hydrogens is 267 g/mol. The minimum atomic E-state index is -4.37. The van der Waals surface area contributed by atoms with Crippen molar-refractivity contribution in [3.8, 4) is 17.0 Å². The van der Waals surface area contributed by atoms with Gasteiger partial charge >= 0.3 is 6.18 Å². The largest absolute Gasteiger partial charge is 0.506 e. The number of rotatable bonds is 1. The number of benzene rings is 1. The van der Waals surface area contributed by atoms with Crippen LogP contribution in [0.25, 0.3) is 11.3 Å². The van der Waals surface area contributed by atoms with Gasteiger partial charge in [-0.25, -0.2) is 0 Å². The predicted octanol–water partition coefficient (Wildman–Crippen LogP) is 4.13. The first kappa shape index (κ1) is 12.7. The first-order chi connectivity index (χ1) is 8.38. The van der Waals surface area contributed by atoms with Crippen molar-refractivity contribution in [3.63, 3.8) is 0 Å². The van der Waals surface area contributed by atoms with E-state index in [1.807, 2.05) is 0 Å². The summed E-state index contributed by atoms with van der Waals surface area (Å²) in [6, 6.07) is 5.77. The molecule has 0 saturated carbocycles. The molecule has 1 N–H and O–H groups in total. The number of alkyl halides is 3. The molecule has 0 aliphatic rings. The Morgan fingerprint density at radius 1 is 1.11 bits per heavy atom. The molecule has 94 valence electrons. The van der Waals surface area contributed by atoms with Gasteiger partial charge in [0, 0.05) is 11.6 Å². The number of pyridine rings is 1. The Hall–Kier alpha value is -1.75. The average Bonchev–Trinajstić information content (AvgIpc) is 2.28. The quantitative estimate of drug-likeness (QED) is 0.847. The van der Waals surface area contributed by atoms with E-state index in [2.05, 4.69) is 4.98 Å². The minimum absolute atomic E-state index is 0.101. The second kappa shape index (κ2) is 4.49. The summed E-state index contributed by atoms with van der Waals surface area (Å²) >= 11 is 5.85. The molecule has 0 saturated heterocycles. The maximum Gasteiger partial charge on any atom is 0.416 e. The van der Waals surface area contributed by atoms with Gasteiger partial charge in [0.05, 0.1) is 22.5 Å². The van der Waals surface area contributed by atoms with E-state index in [0.717, 1.165) is 12.1 Å². The highest BCUT2D eigenvalue weighted by Crippen LogP contribution is 2.32. The van der Waals surface area contributed by atoms with Gasteiger partial charge in [0.25, 0.3) is 0 Å². The van der Waals surface area contributed by atoms with Crippen LogP contribution in [0, 0.1) is 0 Å². The van der Waals surface area contributed by atoms with Crippen molar-refractivity contribution in [3.05, 3.63) is 47.1 Å². The Balaban J connectivity index is 2.41. The zero-order chi connectivity index (χ0) is 13.3. The second-order valence-corrected chi connectivity index (χ2v) is 4.01. The van der Waals surface area contributed by atoms with Crippen LogP contribution >= 0.6 is 11.6 Å². The molecule has 0 aliphatic heterocycles. The van der Waals surface area contributed by atoms with E-state index < -0.39 is 11.7 Å². The van der Waals surface area contributed by atoms with Crippen molar-refractivity contribution >= 4 is 11.6 Å². The van der Waals surface area contributed by atoms with Crippen molar-refractivity contribution in [2.24, 2.45) is 0 Å². The fourth-order valence-electron chi connectivity index (χ4n) is 1.46. The van der Waals surface area contributed by atoms with Gasteiger partial charge in [-0.3, -0.25) is 4.98 Å². The van der Waals surface area contributed by atoms with Crippen LogP contribution < -0.4 is 0 Å². The Morgan fingerprint density at radius 3 is 2.22 bits per heavy atom. The molecule has 2 aromatic rings. The van der Waals surface area contributed by atoms with E-state index in [0.29, 0.717) is 11.3 Å². The number of aromatic nitrogens is 1. The molecule has 0 spiro atoms. The van der Waals surface area contributed by atoms with Gasteiger partial charge in [-0.1, -0.05) is 23.7 Å². The third-order valence-electron chi connectivity index (χ3n) is 2.31. The standard InChI is InChI=1S/C12H7ClF3NO/c13-10-5-9(18)6-17-11(10)7-1-3-8(4-2-7)12(14,15)16/h1-6,18H. The molecule has 0 radical (unpaired) electrons. The average molecular weight is 274 g/mol. The summed E-state index contributed by atoms with van der Waals surface area (Å²) in [6.07, 6.45) is -3.19. The molecule has 2 rings (SSSR count). The van der Waals surface area contributed by atoms with Crippen LogP contribution in [0.15, 0.2) is 36.5 Å². The zero-order valence-electron chi connectivity index (χ0n) is 8.87. The Bertz CT molecular complexity index is 567. The van der Waals surface area contributed by atoms with Crippen LogP contribution in [0.1, 0.15) is 5.56 Å². The van der Waals surface area contributed by atoms with Crippen molar-refractivity contribution in [2.45, 2.75) is 6.18 Å². The van der Waals surface area contributed by atoms with E-state index in [1.165, 1.54) is 24.4 Å². The van der Waals surface area contributed by atoms with Crippen LogP contribution in [-0.2, 0) is 6.18 Å². The lowest BCUT2D eigenvalue weighted by Gasteiger charge is -2.08. The lowest BCUT2D eigenvalue weighted by Crippen LogP contribution is -2.04. The van der Waals surface area contributed by atoms with Gasteiger partial charge in [-0.15, -0.1) is 0 Å². The van der Waals surface area contributed by atoms with Crippen molar-refractivity contribution in [1.29, 1.82) is 0 Å². The van der Waals surface area contributed by atoms with E-state index in [9.17, 15) is 13.2 Å². The minimum Gasteiger partial charge on any atom is -0.506 e. The number of hydrogen-bond donors (Lipinski definition) is 1. The molecule has 0 fully saturated rings. The number of nitrogens with zero attached hydrogens (tertiary/aromatic N) is 1. The summed E-state index contributed by atoms with van der Waals surface area (Å²) in [4.78, 5) is 3.88. The fourth-order valence-corrected chi connectivity index (χ4v) is 1.73. The SMILES string of the molecule is Oc1cnc(-c2ccc(C(F)(F)F)cc2)c(Cl)c1. The summed E-state index contributed by atoms with van der Waals surface area (Å²) < 4.78 is 37.1. The van der Waals surface area contributed by atoms with Gasteiger partial charge < -0.3 is 5.11 Å². The van der Waals surface area contributed by atoms with Crippen LogP contribution in [0.3, 0.4) is 0 Å². The molecule has 1 aromatic heterocycles. The van der Waals surface area contributed by atoms with Crippen LogP contribution in [-0.4, -0.2) is 10.1 Å². The molecule has 6 heteroatoms. The van der Waals surface area contributed by atoms with E-state index in [-0.39, 0.29) is 10.8 Å². The van der Waals surface area contributed by atoms with Gasteiger partial charge in [0.1, 0.15) is 5.75 Å². The Labute approximate surface area is 106 Å². The van der Waals surface area contributed by atoms with Gasteiger partial charge in [0.15, 0.2) is 0 Å². The van der Waals surface area contributed by atoms with Crippen molar-refractivity contribution in [2.75, 3.05) is 0 Å². The third kappa shape index (κ3) is 2.56. The van der Waals surface area contributed by atoms with E-state index in [1.54, 1.807) is 0 Å². The molecule has 1 aromatic carbocycles. The Morgan fingerprint density at radius 2 is 1.72 bits per heavy atom. The van der Waals surface area contributed by atoms with E-state index in [4.69, 9.17) is 16.7 Å². The maximum absolute atomic E-state index is 12.4. The lowest BCUT2D eigenvalue weighted by atomic mass is 10.1. The normalized spacial score (nSPS) is 11.6. The lowest BCUT2D eigenvalue weighted by molar-refractivity contribution is -0.137. The first-order valence-electron chi connectivity index (χ1n) is 4.90. The molecule has 0 amide bonds. The Kier molecular flexibility index (Phi) is 3.17. The van der Waals surface area contributed by atoms with Crippen molar-refractivity contribution in [1.82, 2.24) is 4.98 Å². The topological polar surface area (TPSA) is 33.1 Å². The smallest absolute Gasteiger partial charge is 0.416 e. The third-order valence-corrected chi connectivity index (χ3v) is 2.60. The summed E-state index contributed by atoms with van der Waals surface area (Å²) in [5, 5.41) is 9.32. The van der Waals surface area contributed by atoms with Crippen LogP contribution in [0.2, 0.25) is 5.02 Å². The highest BCUT2D eigenvalue weighted by atomic mass is 35.5. The molecule has 2 nitrogen and oxygen atoms in total. The maximum atomic E-state index is 12.4. The van der Waals surface area contributed by atoms with Gasteiger partial charge in [-0.05, 0) is 12.1 Å². The van der Waals surface area contributed by atoms with Gasteiger partial charge in [0.2, 0.25) is 0 Å². The fraction of sp³-hybridized carbons (Fsp3) is 0.0833. The van der Waals surface area contributed by atoms with Crippen LogP contribution in [0.5, 0.6) is 5.75 Å². The van der Waals surface area contributed by atoms with E-state index >= 15 is 0 Å². The molecule has 0 aliphatic carbocycles. The first-order valence-corrected chi connectivity index (χ1v) is 5.28. The number of hydrogen-bond acceptors (Lipinski definition) is 2. The summed E-state index contributed by atoms with van der Waals surface area (Å²) in [5.74, 6) is -0.101. The summed E-state index contributed by atoms with van der Waals surface area (Å²) in [7, 11) is 0. The molecule has 18 heavy (non-hydrogen) atoms. The molecule has 0 atom stereocenters. The number of halogens is 4. The van der Waals surface area contributed by atoms with Crippen LogP contribution in [0.4, 0.5) is 13.2 Å². The highest BCUT2D eigenvalue weighted by Gasteiger charge is 2.30. The number of aromatic hydroxyl groups is 1. The summed E-state index contributed by atoms with van der Waals surface area (Å²) in [5.41, 5.74) is 0.0392. The second-order valence-electron chi connectivity index (χ2n) is 3.60. The molecule has 0 bridgehead atoms.